The minimum absolute atomic E-state index is 0. The van der Waals surface area contributed by atoms with Crippen molar-refractivity contribution >= 4 is 35.8 Å². The Morgan fingerprint density at radius 2 is 2.19 bits per heavy atom. The SMILES string of the molecule is CC(CN=C(N)N1CCCC(C)C1)CN1CCCC1=O.I. The Labute approximate surface area is 145 Å². The third-order valence-corrected chi connectivity index (χ3v) is 4.25. The second-order valence-electron chi connectivity index (χ2n) is 6.44. The first-order valence-corrected chi connectivity index (χ1v) is 7.89. The van der Waals surface area contributed by atoms with E-state index >= 15 is 0 Å². The Balaban J connectivity index is 0.00000220. The van der Waals surface area contributed by atoms with Gasteiger partial charge in [0.1, 0.15) is 0 Å². The van der Waals surface area contributed by atoms with Crippen molar-refractivity contribution in [3.63, 3.8) is 0 Å². The van der Waals surface area contributed by atoms with E-state index in [9.17, 15) is 4.79 Å². The van der Waals surface area contributed by atoms with E-state index in [1.807, 2.05) is 4.90 Å². The van der Waals surface area contributed by atoms with Crippen molar-refractivity contribution < 1.29 is 4.79 Å². The number of aliphatic imine (C=N–C) groups is 1. The maximum Gasteiger partial charge on any atom is 0.222 e. The average Bonchev–Trinajstić information content (AvgIpc) is 2.81. The van der Waals surface area contributed by atoms with Crippen LogP contribution in [-0.2, 0) is 4.79 Å². The molecular formula is C15H29IN4O. The molecule has 2 atom stereocenters. The standard InChI is InChI=1S/C15H28N4O.HI/c1-12-5-3-8-19(10-12)15(16)17-9-13(2)11-18-7-4-6-14(18)20;/h12-13H,3-11H2,1-2H3,(H2,16,17);1H. The maximum absolute atomic E-state index is 11.6. The van der Waals surface area contributed by atoms with Gasteiger partial charge in [-0.1, -0.05) is 13.8 Å². The van der Waals surface area contributed by atoms with Gasteiger partial charge >= 0.3 is 0 Å². The highest BCUT2D eigenvalue weighted by molar-refractivity contribution is 14.0. The third kappa shape index (κ3) is 5.64. The topological polar surface area (TPSA) is 61.9 Å². The molecule has 0 aromatic carbocycles. The number of guanidine groups is 1. The Morgan fingerprint density at radius 3 is 2.81 bits per heavy atom. The molecule has 0 saturated carbocycles. The molecule has 0 spiro atoms. The first kappa shape index (κ1) is 18.5. The van der Waals surface area contributed by atoms with Crippen molar-refractivity contribution in [2.45, 2.75) is 39.5 Å². The van der Waals surface area contributed by atoms with Crippen LogP contribution in [0, 0.1) is 11.8 Å². The highest BCUT2D eigenvalue weighted by atomic mass is 127. The summed E-state index contributed by atoms with van der Waals surface area (Å²) >= 11 is 0. The van der Waals surface area contributed by atoms with Gasteiger partial charge in [-0.05, 0) is 31.1 Å². The molecule has 21 heavy (non-hydrogen) atoms. The van der Waals surface area contributed by atoms with Gasteiger partial charge < -0.3 is 15.5 Å². The number of halogens is 1. The molecule has 0 aliphatic carbocycles. The first-order valence-electron chi connectivity index (χ1n) is 7.89. The third-order valence-electron chi connectivity index (χ3n) is 4.25. The lowest BCUT2D eigenvalue weighted by Crippen LogP contribution is -2.43. The molecule has 2 aliphatic heterocycles. The monoisotopic (exact) mass is 408 g/mol. The molecule has 2 heterocycles. The molecule has 0 bridgehead atoms. The number of likely N-dealkylation sites (tertiary alicyclic amines) is 2. The predicted octanol–water partition coefficient (Wildman–Crippen LogP) is 1.91. The number of piperidine rings is 1. The number of carbonyl (C=O) groups is 1. The fourth-order valence-corrected chi connectivity index (χ4v) is 3.08. The Kier molecular flexibility index (Phi) is 7.76. The van der Waals surface area contributed by atoms with E-state index in [0.717, 1.165) is 32.6 Å². The second kappa shape index (κ2) is 8.80. The number of rotatable bonds is 4. The lowest BCUT2D eigenvalue weighted by molar-refractivity contribution is -0.128. The summed E-state index contributed by atoms with van der Waals surface area (Å²) in [5, 5.41) is 0. The smallest absolute Gasteiger partial charge is 0.222 e. The zero-order chi connectivity index (χ0) is 14.5. The van der Waals surface area contributed by atoms with Crippen LogP contribution >= 0.6 is 24.0 Å². The van der Waals surface area contributed by atoms with Gasteiger partial charge in [0.15, 0.2) is 5.96 Å². The zero-order valence-corrected chi connectivity index (χ0v) is 15.6. The predicted molar refractivity (Wildman–Crippen MR) is 96.9 cm³/mol. The highest BCUT2D eigenvalue weighted by Crippen LogP contribution is 2.15. The van der Waals surface area contributed by atoms with Gasteiger partial charge in [0.05, 0.1) is 0 Å². The summed E-state index contributed by atoms with van der Waals surface area (Å²) in [6.07, 6.45) is 4.21. The molecule has 2 fully saturated rings. The molecule has 5 nitrogen and oxygen atoms in total. The van der Waals surface area contributed by atoms with Crippen molar-refractivity contribution in [3.05, 3.63) is 0 Å². The molecule has 0 aromatic rings. The van der Waals surface area contributed by atoms with Crippen molar-refractivity contribution in [2.75, 3.05) is 32.7 Å². The van der Waals surface area contributed by atoms with Crippen LogP contribution in [0.15, 0.2) is 4.99 Å². The number of hydrogen-bond acceptors (Lipinski definition) is 2. The molecule has 2 aliphatic rings. The van der Waals surface area contributed by atoms with Crippen LogP contribution < -0.4 is 5.73 Å². The van der Waals surface area contributed by atoms with E-state index in [0.29, 0.717) is 36.7 Å². The lowest BCUT2D eigenvalue weighted by Gasteiger charge is -2.31. The number of nitrogens with two attached hydrogens (primary N) is 1. The van der Waals surface area contributed by atoms with Crippen molar-refractivity contribution in [1.82, 2.24) is 9.80 Å². The van der Waals surface area contributed by atoms with E-state index in [2.05, 4.69) is 23.7 Å². The maximum atomic E-state index is 11.6. The summed E-state index contributed by atoms with van der Waals surface area (Å²) in [6, 6.07) is 0. The van der Waals surface area contributed by atoms with Crippen molar-refractivity contribution in [2.24, 2.45) is 22.6 Å². The van der Waals surface area contributed by atoms with Gasteiger partial charge in [-0.2, -0.15) is 0 Å². The van der Waals surface area contributed by atoms with Gasteiger partial charge in [0.25, 0.3) is 0 Å². The fraction of sp³-hybridized carbons (Fsp3) is 0.867. The summed E-state index contributed by atoms with van der Waals surface area (Å²) in [5.41, 5.74) is 6.09. The molecule has 6 heteroatoms. The highest BCUT2D eigenvalue weighted by Gasteiger charge is 2.22. The van der Waals surface area contributed by atoms with Crippen molar-refractivity contribution in [3.8, 4) is 0 Å². The van der Waals surface area contributed by atoms with Crippen LogP contribution in [0.25, 0.3) is 0 Å². The van der Waals surface area contributed by atoms with Crippen LogP contribution in [0.3, 0.4) is 0 Å². The molecule has 0 aromatic heterocycles. The summed E-state index contributed by atoms with van der Waals surface area (Å²) in [7, 11) is 0. The Morgan fingerprint density at radius 1 is 1.43 bits per heavy atom. The molecule has 0 radical (unpaired) electrons. The van der Waals surface area contributed by atoms with Crippen LogP contribution in [0.2, 0.25) is 0 Å². The molecule has 2 unspecified atom stereocenters. The quantitative estimate of drug-likeness (QED) is 0.439. The Bertz CT molecular complexity index is 375. The van der Waals surface area contributed by atoms with Gasteiger partial charge in [0.2, 0.25) is 5.91 Å². The summed E-state index contributed by atoms with van der Waals surface area (Å²) in [5.74, 6) is 2.05. The molecule has 2 N–H and O–H groups in total. The zero-order valence-electron chi connectivity index (χ0n) is 13.3. The van der Waals surface area contributed by atoms with E-state index in [4.69, 9.17) is 5.73 Å². The number of carbonyl (C=O) groups excluding carboxylic acids is 1. The minimum atomic E-state index is 0. The largest absolute Gasteiger partial charge is 0.370 e. The summed E-state index contributed by atoms with van der Waals surface area (Å²) in [6.45, 7) is 8.88. The van der Waals surface area contributed by atoms with E-state index in [1.54, 1.807) is 0 Å². The summed E-state index contributed by atoms with van der Waals surface area (Å²) in [4.78, 5) is 20.3. The number of hydrogen-bond donors (Lipinski definition) is 1. The molecule has 2 rings (SSSR count). The molecule has 122 valence electrons. The lowest BCUT2D eigenvalue weighted by atomic mass is 10.0. The minimum Gasteiger partial charge on any atom is -0.370 e. The van der Waals surface area contributed by atoms with Gasteiger partial charge in [-0.3, -0.25) is 9.79 Å². The van der Waals surface area contributed by atoms with E-state index in [1.165, 1.54) is 12.8 Å². The molecule has 1 amide bonds. The fourth-order valence-electron chi connectivity index (χ4n) is 3.08. The van der Waals surface area contributed by atoms with Crippen LogP contribution in [-0.4, -0.2) is 54.4 Å². The second-order valence-corrected chi connectivity index (χ2v) is 6.44. The normalized spacial score (nSPS) is 25.0. The van der Waals surface area contributed by atoms with Gasteiger partial charge in [-0.25, -0.2) is 0 Å². The summed E-state index contributed by atoms with van der Waals surface area (Å²) < 4.78 is 0. The van der Waals surface area contributed by atoms with Crippen LogP contribution in [0.1, 0.15) is 39.5 Å². The molecular weight excluding hydrogens is 379 g/mol. The van der Waals surface area contributed by atoms with Crippen LogP contribution in [0.5, 0.6) is 0 Å². The van der Waals surface area contributed by atoms with E-state index < -0.39 is 0 Å². The van der Waals surface area contributed by atoms with Gasteiger partial charge in [-0.15, -0.1) is 24.0 Å². The number of amides is 1. The molecule has 2 saturated heterocycles. The van der Waals surface area contributed by atoms with Gasteiger partial charge in [0, 0.05) is 39.1 Å². The average molecular weight is 408 g/mol. The number of nitrogens with zero attached hydrogens (tertiary/aromatic N) is 3. The Hall–Kier alpha value is -0.530. The van der Waals surface area contributed by atoms with Crippen LogP contribution in [0.4, 0.5) is 0 Å². The van der Waals surface area contributed by atoms with E-state index in [-0.39, 0.29) is 24.0 Å². The first-order chi connectivity index (χ1) is 9.56. The van der Waals surface area contributed by atoms with Crippen molar-refractivity contribution in [1.29, 1.82) is 0 Å².